The molecule has 106 valence electrons. The summed E-state index contributed by atoms with van der Waals surface area (Å²) < 4.78 is 5.11. The first kappa shape index (κ1) is 14.6. The average Bonchev–Trinajstić information content (AvgIpc) is 2.88. The summed E-state index contributed by atoms with van der Waals surface area (Å²) in [6.07, 6.45) is 0. The van der Waals surface area contributed by atoms with Crippen LogP contribution < -0.4 is 15.8 Å². The van der Waals surface area contributed by atoms with Crippen molar-refractivity contribution in [1.82, 2.24) is 4.98 Å². The number of rotatable bonds is 5. The Balaban J connectivity index is 2.20. The molecule has 6 nitrogen and oxygen atoms in total. The maximum absolute atomic E-state index is 10.8. The summed E-state index contributed by atoms with van der Waals surface area (Å²) in [4.78, 5) is 14.9. The van der Waals surface area contributed by atoms with Gasteiger partial charge in [0.2, 0.25) is 0 Å². The van der Waals surface area contributed by atoms with Crippen LogP contribution in [0.1, 0.15) is 11.7 Å². The fourth-order valence-corrected chi connectivity index (χ4v) is 2.38. The number of halogens is 1. The predicted octanol–water partition coefficient (Wildman–Crippen LogP) is 2.63. The summed E-state index contributed by atoms with van der Waals surface area (Å²) in [6.45, 7) is 0. The van der Waals surface area contributed by atoms with Gasteiger partial charge in [-0.1, -0.05) is 11.6 Å². The standard InChI is InChI=1S/C12H12ClN3O3S/c1-19-6-2-3-7(13)8(4-6)15-12-16-9(5-20-12)10(14)11(17)18/h2-5,10H,14H2,1H3,(H,15,16)(H,17,18). The van der Waals surface area contributed by atoms with Crippen molar-refractivity contribution in [3.05, 3.63) is 34.3 Å². The van der Waals surface area contributed by atoms with Gasteiger partial charge in [-0.05, 0) is 12.1 Å². The zero-order valence-electron chi connectivity index (χ0n) is 10.5. The Morgan fingerprint density at radius 2 is 2.35 bits per heavy atom. The number of hydrogen-bond donors (Lipinski definition) is 3. The second-order valence-corrected chi connectivity index (χ2v) is 5.13. The Bertz CT molecular complexity index is 632. The first-order chi connectivity index (χ1) is 9.51. The second kappa shape index (κ2) is 6.08. The molecule has 0 amide bonds. The monoisotopic (exact) mass is 313 g/mol. The van der Waals surface area contributed by atoms with Crippen LogP contribution in [0.15, 0.2) is 23.6 Å². The summed E-state index contributed by atoms with van der Waals surface area (Å²) in [5.41, 5.74) is 6.41. The third-order valence-corrected chi connectivity index (χ3v) is 3.63. The van der Waals surface area contributed by atoms with Gasteiger partial charge in [-0.2, -0.15) is 0 Å². The SMILES string of the molecule is COc1ccc(Cl)c(Nc2nc(C(N)C(=O)O)cs2)c1. The zero-order chi connectivity index (χ0) is 14.7. The molecule has 0 saturated carbocycles. The number of methoxy groups -OCH3 is 1. The lowest BCUT2D eigenvalue weighted by molar-refractivity contribution is -0.138. The molecule has 20 heavy (non-hydrogen) atoms. The molecule has 0 aliphatic carbocycles. The lowest BCUT2D eigenvalue weighted by Gasteiger charge is -2.07. The third-order valence-electron chi connectivity index (χ3n) is 2.52. The van der Waals surface area contributed by atoms with Gasteiger partial charge in [0.1, 0.15) is 11.8 Å². The number of carboxylic acid groups (broad SMARTS) is 1. The van der Waals surface area contributed by atoms with Gasteiger partial charge in [-0.15, -0.1) is 11.3 Å². The molecule has 0 aliphatic rings. The van der Waals surface area contributed by atoms with E-state index in [2.05, 4.69) is 10.3 Å². The van der Waals surface area contributed by atoms with Gasteiger partial charge < -0.3 is 20.9 Å². The van der Waals surface area contributed by atoms with E-state index >= 15 is 0 Å². The number of hydrogen-bond acceptors (Lipinski definition) is 6. The Morgan fingerprint density at radius 3 is 3.00 bits per heavy atom. The average molecular weight is 314 g/mol. The number of ether oxygens (including phenoxy) is 1. The molecule has 0 radical (unpaired) electrons. The maximum Gasteiger partial charge on any atom is 0.326 e. The number of nitrogens with zero attached hydrogens (tertiary/aromatic N) is 1. The van der Waals surface area contributed by atoms with Gasteiger partial charge in [0.25, 0.3) is 0 Å². The van der Waals surface area contributed by atoms with Crippen molar-refractivity contribution >= 4 is 39.7 Å². The van der Waals surface area contributed by atoms with Crippen LogP contribution in [-0.4, -0.2) is 23.2 Å². The molecule has 1 heterocycles. The van der Waals surface area contributed by atoms with Gasteiger partial charge in [0.15, 0.2) is 5.13 Å². The van der Waals surface area contributed by atoms with Crippen molar-refractivity contribution in [2.24, 2.45) is 5.73 Å². The van der Waals surface area contributed by atoms with Crippen LogP contribution in [0, 0.1) is 0 Å². The highest BCUT2D eigenvalue weighted by Crippen LogP contribution is 2.31. The van der Waals surface area contributed by atoms with Crippen LogP contribution in [0.25, 0.3) is 0 Å². The molecule has 8 heteroatoms. The molecule has 0 bridgehead atoms. The van der Waals surface area contributed by atoms with Crippen molar-refractivity contribution in [3.63, 3.8) is 0 Å². The Morgan fingerprint density at radius 1 is 1.60 bits per heavy atom. The summed E-state index contributed by atoms with van der Waals surface area (Å²) in [5, 5.41) is 14.4. The van der Waals surface area contributed by atoms with Gasteiger partial charge >= 0.3 is 5.97 Å². The normalized spacial score (nSPS) is 11.9. The van der Waals surface area contributed by atoms with Gasteiger partial charge in [-0.3, -0.25) is 4.79 Å². The first-order valence-electron chi connectivity index (χ1n) is 5.55. The lowest BCUT2D eigenvalue weighted by atomic mass is 10.2. The predicted molar refractivity (Wildman–Crippen MR) is 78.0 cm³/mol. The molecule has 0 spiro atoms. The number of carbonyl (C=O) groups is 1. The smallest absolute Gasteiger partial charge is 0.326 e. The van der Waals surface area contributed by atoms with E-state index < -0.39 is 12.0 Å². The Hall–Kier alpha value is -1.83. The van der Waals surface area contributed by atoms with Crippen LogP contribution >= 0.6 is 22.9 Å². The number of carboxylic acids is 1. The van der Waals surface area contributed by atoms with E-state index in [0.717, 1.165) is 0 Å². The number of nitrogens with one attached hydrogen (secondary N) is 1. The molecule has 0 aliphatic heterocycles. The highest BCUT2D eigenvalue weighted by atomic mass is 35.5. The quantitative estimate of drug-likeness (QED) is 0.785. The molecule has 2 rings (SSSR count). The van der Waals surface area contributed by atoms with Crippen molar-refractivity contribution < 1.29 is 14.6 Å². The number of nitrogens with two attached hydrogens (primary N) is 1. The molecular formula is C12H12ClN3O3S. The van der Waals surface area contributed by atoms with Crippen LogP contribution in [0.2, 0.25) is 5.02 Å². The maximum atomic E-state index is 10.8. The molecule has 1 aromatic carbocycles. The summed E-state index contributed by atoms with van der Waals surface area (Å²) in [7, 11) is 1.56. The fourth-order valence-electron chi connectivity index (χ4n) is 1.46. The Labute approximate surface area is 124 Å². The summed E-state index contributed by atoms with van der Waals surface area (Å²) >= 11 is 7.31. The van der Waals surface area contributed by atoms with Crippen LogP contribution in [0.3, 0.4) is 0 Å². The molecule has 1 aromatic heterocycles. The topological polar surface area (TPSA) is 97.5 Å². The second-order valence-electron chi connectivity index (χ2n) is 3.86. The minimum atomic E-state index is -1.14. The first-order valence-corrected chi connectivity index (χ1v) is 6.81. The van der Waals surface area contributed by atoms with E-state index in [0.29, 0.717) is 27.3 Å². The molecule has 0 fully saturated rings. The van der Waals surface area contributed by atoms with Crippen molar-refractivity contribution in [2.75, 3.05) is 12.4 Å². The third kappa shape index (κ3) is 3.19. The van der Waals surface area contributed by atoms with Crippen molar-refractivity contribution in [2.45, 2.75) is 6.04 Å². The van der Waals surface area contributed by atoms with Crippen LogP contribution in [0.4, 0.5) is 10.8 Å². The number of benzene rings is 1. The molecule has 0 saturated heterocycles. The van der Waals surface area contributed by atoms with Gasteiger partial charge in [0, 0.05) is 11.4 Å². The largest absolute Gasteiger partial charge is 0.497 e. The minimum absolute atomic E-state index is 0.295. The number of aromatic nitrogens is 1. The fraction of sp³-hybridized carbons (Fsp3) is 0.167. The van der Waals surface area contributed by atoms with Crippen LogP contribution in [-0.2, 0) is 4.79 Å². The van der Waals surface area contributed by atoms with E-state index in [1.807, 2.05) is 0 Å². The molecule has 1 unspecified atom stereocenters. The zero-order valence-corrected chi connectivity index (χ0v) is 12.0. The van der Waals surface area contributed by atoms with E-state index in [4.69, 9.17) is 27.2 Å². The molecule has 1 atom stereocenters. The van der Waals surface area contributed by atoms with E-state index in [1.54, 1.807) is 30.7 Å². The lowest BCUT2D eigenvalue weighted by Crippen LogP contribution is -2.20. The summed E-state index contributed by atoms with van der Waals surface area (Å²) in [6, 6.07) is 4.02. The van der Waals surface area contributed by atoms with E-state index in [1.165, 1.54) is 11.3 Å². The highest BCUT2D eigenvalue weighted by Gasteiger charge is 2.18. The van der Waals surface area contributed by atoms with E-state index in [-0.39, 0.29) is 0 Å². The Kier molecular flexibility index (Phi) is 4.43. The minimum Gasteiger partial charge on any atom is -0.497 e. The number of thiazole rings is 1. The summed E-state index contributed by atoms with van der Waals surface area (Å²) in [5.74, 6) is -0.475. The van der Waals surface area contributed by atoms with Crippen molar-refractivity contribution in [1.29, 1.82) is 0 Å². The van der Waals surface area contributed by atoms with E-state index in [9.17, 15) is 4.79 Å². The molecule has 2 aromatic rings. The molecular weight excluding hydrogens is 302 g/mol. The number of aliphatic carboxylic acids is 1. The van der Waals surface area contributed by atoms with Gasteiger partial charge in [-0.25, -0.2) is 4.98 Å². The highest BCUT2D eigenvalue weighted by molar-refractivity contribution is 7.13. The van der Waals surface area contributed by atoms with Crippen LogP contribution in [0.5, 0.6) is 5.75 Å². The number of anilines is 2. The van der Waals surface area contributed by atoms with Crippen molar-refractivity contribution in [3.8, 4) is 5.75 Å². The van der Waals surface area contributed by atoms with Gasteiger partial charge in [0.05, 0.1) is 23.5 Å². The molecule has 4 N–H and O–H groups in total.